The van der Waals surface area contributed by atoms with Crippen LogP contribution >= 0.6 is 0 Å². The number of carbonyl (C=O) groups excluding carboxylic acids is 2. The Morgan fingerprint density at radius 3 is 2.60 bits per heavy atom. The molecule has 3 rings (SSSR count). The number of benzene rings is 1. The van der Waals surface area contributed by atoms with Gasteiger partial charge in [-0.05, 0) is 18.4 Å². The van der Waals surface area contributed by atoms with Crippen LogP contribution < -0.4 is 5.32 Å². The minimum atomic E-state index is -0.429. The highest BCUT2D eigenvalue weighted by atomic mass is 16.2. The van der Waals surface area contributed by atoms with Crippen molar-refractivity contribution in [1.29, 1.82) is 0 Å². The molecule has 6 nitrogen and oxygen atoms in total. The molecule has 2 amide bonds. The quantitative estimate of drug-likeness (QED) is 0.907. The molecule has 1 aliphatic heterocycles. The van der Waals surface area contributed by atoms with Crippen molar-refractivity contribution in [2.75, 3.05) is 11.9 Å². The predicted molar refractivity (Wildman–Crippen MR) is 94.9 cm³/mol. The van der Waals surface area contributed by atoms with E-state index >= 15 is 0 Å². The number of anilines is 1. The van der Waals surface area contributed by atoms with Gasteiger partial charge in [-0.15, -0.1) is 0 Å². The lowest BCUT2D eigenvalue weighted by atomic mass is 10.1. The number of aryl methyl sites for hydroxylation is 1. The average Bonchev–Trinajstić information content (AvgIpc) is 3.13. The number of hydrogen-bond donors (Lipinski definition) is 1. The third kappa shape index (κ3) is 4.21. The monoisotopic (exact) mass is 338 g/mol. The average molecular weight is 338 g/mol. The number of likely N-dealkylation sites (tertiary alicyclic amines) is 1. The first-order chi connectivity index (χ1) is 12.2. The molecule has 2 aromatic rings. The Balaban J connectivity index is 1.63. The Morgan fingerprint density at radius 1 is 1.20 bits per heavy atom. The van der Waals surface area contributed by atoms with Gasteiger partial charge in [0.05, 0.1) is 24.5 Å². The summed E-state index contributed by atoms with van der Waals surface area (Å²) in [5.41, 5.74) is 1.52. The van der Waals surface area contributed by atoms with Crippen LogP contribution in [0.4, 0.5) is 5.69 Å². The van der Waals surface area contributed by atoms with Gasteiger partial charge in [-0.2, -0.15) is 0 Å². The van der Waals surface area contributed by atoms with Gasteiger partial charge in [0, 0.05) is 13.0 Å². The second-order valence-electron chi connectivity index (χ2n) is 6.14. The zero-order valence-corrected chi connectivity index (χ0v) is 14.3. The minimum absolute atomic E-state index is 0.0126. The van der Waals surface area contributed by atoms with Crippen molar-refractivity contribution in [3.63, 3.8) is 0 Å². The van der Waals surface area contributed by atoms with Crippen LogP contribution in [0.25, 0.3) is 0 Å². The standard InChI is InChI=1S/C19H22N4O2/c1-2-17-20-12-15(13-21-17)22-19(25)16-9-6-10-23(16)18(24)11-14-7-4-3-5-8-14/h3-5,7-8,12-13,16H,2,6,9-11H2,1H3,(H,22,25). The molecular weight excluding hydrogens is 316 g/mol. The van der Waals surface area contributed by atoms with Crippen LogP contribution in [0.3, 0.4) is 0 Å². The van der Waals surface area contributed by atoms with Gasteiger partial charge in [-0.25, -0.2) is 9.97 Å². The molecule has 1 aromatic carbocycles. The minimum Gasteiger partial charge on any atom is -0.330 e. The highest BCUT2D eigenvalue weighted by Gasteiger charge is 2.33. The second kappa shape index (κ2) is 7.88. The molecular formula is C19H22N4O2. The number of aromatic nitrogens is 2. The molecule has 1 fully saturated rings. The Morgan fingerprint density at radius 2 is 1.92 bits per heavy atom. The summed E-state index contributed by atoms with van der Waals surface area (Å²) in [5, 5.41) is 2.83. The van der Waals surface area contributed by atoms with Crippen LogP contribution in [-0.2, 0) is 22.4 Å². The highest BCUT2D eigenvalue weighted by molar-refractivity contribution is 5.97. The molecule has 2 heterocycles. The predicted octanol–water partition coefficient (Wildman–Crippen LogP) is 2.21. The molecule has 1 atom stereocenters. The van der Waals surface area contributed by atoms with Gasteiger partial charge in [0.2, 0.25) is 11.8 Å². The lowest BCUT2D eigenvalue weighted by Crippen LogP contribution is -2.43. The first-order valence-corrected chi connectivity index (χ1v) is 8.62. The molecule has 0 spiro atoms. The smallest absolute Gasteiger partial charge is 0.247 e. The van der Waals surface area contributed by atoms with E-state index in [2.05, 4.69) is 15.3 Å². The summed E-state index contributed by atoms with van der Waals surface area (Å²) in [4.78, 5) is 35.2. The lowest BCUT2D eigenvalue weighted by Gasteiger charge is -2.24. The van der Waals surface area contributed by atoms with Crippen LogP contribution in [0, 0.1) is 0 Å². The molecule has 25 heavy (non-hydrogen) atoms. The van der Waals surface area contributed by atoms with Crippen molar-refractivity contribution >= 4 is 17.5 Å². The number of nitrogens with one attached hydrogen (secondary N) is 1. The highest BCUT2D eigenvalue weighted by Crippen LogP contribution is 2.20. The maximum atomic E-state index is 12.6. The molecule has 0 bridgehead atoms. The summed E-state index contributed by atoms with van der Waals surface area (Å²) in [5.74, 6) is 0.548. The van der Waals surface area contributed by atoms with E-state index in [1.165, 1.54) is 0 Å². The summed E-state index contributed by atoms with van der Waals surface area (Å²) in [6.45, 7) is 2.59. The summed E-state index contributed by atoms with van der Waals surface area (Å²) < 4.78 is 0. The molecule has 130 valence electrons. The van der Waals surface area contributed by atoms with Gasteiger partial charge in [-0.1, -0.05) is 37.3 Å². The number of carbonyl (C=O) groups is 2. The van der Waals surface area contributed by atoms with Gasteiger partial charge in [0.15, 0.2) is 0 Å². The third-order valence-electron chi connectivity index (χ3n) is 4.36. The van der Waals surface area contributed by atoms with Crippen LogP contribution in [-0.4, -0.2) is 39.3 Å². The molecule has 6 heteroatoms. The van der Waals surface area contributed by atoms with E-state index in [1.54, 1.807) is 17.3 Å². The van der Waals surface area contributed by atoms with Crippen molar-refractivity contribution in [3.8, 4) is 0 Å². The van der Waals surface area contributed by atoms with E-state index in [1.807, 2.05) is 37.3 Å². The number of amides is 2. The molecule has 1 aromatic heterocycles. The van der Waals surface area contributed by atoms with Crippen LogP contribution in [0.1, 0.15) is 31.2 Å². The fraction of sp³-hybridized carbons (Fsp3) is 0.368. The van der Waals surface area contributed by atoms with Crippen LogP contribution in [0.2, 0.25) is 0 Å². The molecule has 0 aliphatic carbocycles. The SMILES string of the molecule is CCc1ncc(NC(=O)C2CCCN2C(=O)Cc2ccccc2)cn1. The first-order valence-electron chi connectivity index (χ1n) is 8.62. The fourth-order valence-corrected chi connectivity index (χ4v) is 3.04. The second-order valence-corrected chi connectivity index (χ2v) is 6.14. The van der Waals surface area contributed by atoms with Gasteiger partial charge >= 0.3 is 0 Å². The molecule has 1 unspecified atom stereocenters. The summed E-state index contributed by atoms with van der Waals surface area (Å²) in [6, 6.07) is 9.17. The third-order valence-corrected chi connectivity index (χ3v) is 4.36. The lowest BCUT2D eigenvalue weighted by molar-refractivity contribution is -0.136. The molecule has 0 radical (unpaired) electrons. The van der Waals surface area contributed by atoms with Crippen molar-refractivity contribution in [2.45, 2.75) is 38.6 Å². The maximum Gasteiger partial charge on any atom is 0.247 e. The Kier molecular flexibility index (Phi) is 5.38. The molecule has 0 saturated carbocycles. The van der Waals surface area contributed by atoms with E-state index < -0.39 is 6.04 Å². The number of rotatable bonds is 5. The van der Waals surface area contributed by atoms with E-state index in [0.717, 1.165) is 24.2 Å². The van der Waals surface area contributed by atoms with Crippen LogP contribution in [0.15, 0.2) is 42.7 Å². The van der Waals surface area contributed by atoms with Gasteiger partial charge in [0.25, 0.3) is 0 Å². The zero-order chi connectivity index (χ0) is 17.6. The van der Waals surface area contributed by atoms with Gasteiger partial charge in [-0.3, -0.25) is 9.59 Å². The normalized spacial score (nSPS) is 16.7. The summed E-state index contributed by atoms with van der Waals surface area (Å²) in [7, 11) is 0. The van der Waals surface area contributed by atoms with Gasteiger partial charge in [0.1, 0.15) is 11.9 Å². The number of hydrogen-bond acceptors (Lipinski definition) is 4. The van der Waals surface area contributed by atoms with Crippen molar-refractivity contribution < 1.29 is 9.59 Å². The maximum absolute atomic E-state index is 12.6. The molecule has 1 aliphatic rings. The number of nitrogens with zero attached hydrogens (tertiary/aromatic N) is 3. The van der Waals surface area contributed by atoms with Crippen LogP contribution in [0.5, 0.6) is 0 Å². The molecule has 1 saturated heterocycles. The van der Waals surface area contributed by atoms with Crippen molar-refractivity contribution in [1.82, 2.24) is 14.9 Å². The zero-order valence-electron chi connectivity index (χ0n) is 14.3. The van der Waals surface area contributed by atoms with E-state index in [9.17, 15) is 9.59 Å². The topological polar surface area (TPSA) is 75.2 Å². The van der Waals surface area contributed by atoms with E-state index in [4.69, 9.17) is 0 Å². The van der Waals surface area contributed by atoms with Crippen molar-refractivity contribution in [3.05, 3.63) is 54.1 Å². The Bertz CT molecular complexity index is 731. The summed E-state index contributed by atoms with van der Waals surface area (Å²) in [6.07, 6.45) is 5.80. The van der Waals surface area contributed by atoms with Gasteiger partial charge < -0.3 is 10.2 Å². The first kappa shape index (κ1) is 17.1. The summed E-state index contributed by atoms with van der Waals surface area (Å²) >= 11 is 0. The fourth-order valence-electron chi connectivity index (χ4n) is 3.04. The van der Waals surface area contributed by atoms with E-state index in [0.29, 0.717) is 25.1 Å². The molecule has 1 N–H and O–H groups in total. The largest absolute Gasteiger partial charge is 0.330 e. The van der Waals surface area contributed by atoms with E-state index in [-0.39, 0.29) is 11.8 Å². The Hall–Kier alpha value is -2.76. The Labute approximate surface area is 147 Å². The van der Waals surface area contributed by atoms with Crippen molar-refractivity contribution in [2.24, 2.45) is 0 Å².